The molecule has 0 saturated carbocycles. The predicted molar refractivity (Wildman–Crippen MR) is 103 cm³/mol. The van der Waals surface area contributed by atoms with E-state index in [0.717, 1.165) is 48.9 Å². The van der Waals surface area contributed by atoms with Gasteiger partial charge in [0.25, 0.3) is 5.56 Å². The maximum absolute atomic E-state index is 13.0. The summed E-state index contributed by atoms with van der Waals surface area (Å²) in [6.07, 6.45) is 1.78. The fourth-order valence-electron chi connectivity index (χ4n) is 3.60. The molecule has 2 heterocycles. The standard InChI is InChI=1S/C20H28N4O/c1-6-11-22-12-23(18-10-8-9-14(3)15(18)4)20-21-16(5)17(7-2)19(25)24(20)13-22/h8-10H,6-7,11-13H2,1-5H3. The zero-order valence-electron chi connectivity index (χ0n) is 16.0. The number of hydrogen-bond donors (Lipinski definition) is 0. The highest BCUT2D eigenvalue weighted by molar-refractivity contribution is 5.64. The second kappa shape index (κ2) is 7.00. The minimum absolute atomic E-state index is 0.0982. The maximum atomic E-state index is 13.0. The molecule has 0 radical (unpaired) electrons. The van der Waals surface area contributed by atoms with E-state index < -0.39 is 0 Å². The molecule has 2 aromatic rings. The lowest BCUT2D eigenvalue weighted by Crippen LogP contribution is -2.48. The van der Waals surface area contributed by atoms with Crippen LogP contribution in [0, 0.1) is 20.8 Å². The van der Waals surface area contributed by atoms with Crippen LogP contribution < -0.4 is 10.5 Å². The minimum atomic E-state index is 0.0982. The van der Waals surface area contributed by atoms with E-state index in [1.165, 1.54) is 11.1 Å². The molecule has 5 heteroatoms. The summed E-state index contributed by atoms with van der Waals surface area (Å²) < 4.78 is 1.84. The molecule has 0 spiro atoms. The predicted octanol–water partition coefficient (Wildman–Crippen LogP) is 3.51. The van der Waals surface area contributed by atoms with E-state index in [-0.39, 0.29) is 5.56 Å². The summed E-state index contributed by atoms with van der Waals surface area (Å²) in [5.74, 6) is 0.765. The second-order valence-corrected chi connectivity index (χ2v) is 6.89. The van der Waals surface area contributed by atoms with E-state index >= 15 is 0 Å². The Morgan fingerprint density at radius 1 is 1.12 bits per heavy atom. The Kier molecular flexibility index (Phi) is 4.95. The number of fused-ring (bicyclic) bond motifs is 1. The van der Waals surface area contributed by atoms with Crippen molar-refractivity contribution in [1.29, 1.82) is 0 Å². The quantitative estimate of drug-likeness (QED) is 0.854. The normalized spacial score (nSPS) is 14.7. The smallest absolute Gasteiger partial charge is 0.259 e. The molecule has 3 rings (SSSR count). The van der Waals surface area contributed by atoms with Crippen molar-refractivity contribution in [1.82, 2.24) is 14.5 Å². The SMILES string of the molecule is CCCN1CN(c2cccc(C)c2C)c2nc(C)c(CC)c(=O)n2C1. The third-order valence-corrected chi connectivity index (χ3v) is 5.13. The van der Waals surface area contributed by atoms with Crippen molar-refractivity contribution in [2.24, 2.45) is 0 Å². The van der Waals surface area contributed by atoms with Gasteiger partial charge in [0.05, 0.1) is 13.3 Å². The zero-order valence-corrected chi connectivity index (χ0v) is 16.0. The van der Waals surface area contributed by atoms with Gasteiger partial charge >= 0.3 is 0 Å². The molecule has 0 aliphatic carbocycles. The van der Waals surface area contributed by atoms with Gasteiger partial charge < -0.3 is 0 Å². The van der Waals surface area contributed by atoms with E-state index in [2.05, 4.69) is 48.8 Å². The minimum Gasteiger partial charge on any atom is -0.298 e. The Labute approximate surface area is 149 Å². The Morgan fingerprint density at radius 3 is 2.56 bits per heavy atom. The lowest BCUT2D eigenvalue weighted by molar-refractivity contribution is 0.198. The van der Waals surface area contributed by atoms with Gasteiger partial charge in [0.1, 0.15) is 0 Å². The molecule has 0 unspecified atom stereocenters. The van der Waals surface area contributed by atoms with Gasteiger partial charge in [-0.05, 0) is 50.8 Å². The molecule has 1 aliphatic heterocycles. The van der Waals surface area contributed by atoms with Crippen LogP contribution >= 0.6 is 0 Å². The monoisotopic (exact) mass is 340 g/mol. The Balaban J connectivity index is 2.20. The van der Waals surface area contributed by atoms with Crippen LogP contribution in [0.5, 0.6) is 0 Å². The number of rotatable bonds is 4. The first-order valence-electron chi connectivity index (χ1n) is 9.14. The fraction of sp³-hybridized carbons (Fsp3) is 0.500. The van der Waals surface area contributed by atoms with E-state index in [1.54, 1.807) is 0 Å². The maximum Gasteiger partial charge on any atom is 0.259 e. The summed E-state index contributed by atoms with van der Waals surface area (Å²) in [5, 5.41) is 0. The number of aryl methyl sites for hydroxylation is 2. The van der Waals surface area contributed by atoms with Crippen molar-refractivity contribution in [2.75, 3.05) is 18.1 Å². The van der Waals surface area contributed by atoms with Crippen LogP contribution in [0.25, 0.3) is 0 Å². The molecular weight excluding hydrogens is 312 g/mol. The number of hydrogen-bond acceptors (Lipinski definition) is 4. The Morgan fingerprint density at radius 2 is 1.88 bits per heavy atom. The molecule has 1 aliphatic rings. The second-order valence-electron chi connectivity index (χ2n) is 6.89. The topological polar surface area (TPSA) is 41.4 Å². The van der Waals surface area contributed by atoms with Gasteiger partial charge in [0.15, 0.2) is 0 Å². The molecule has 0 atom stereocenters. The summed E-state index contributed by atoms with van der Waals surface area (Å²) in [5.41, 5.74) is 5.38. The third-order valence-electron chi connectivity index (χ3n) is 5.13. The fourth-order valence-corrected chi connectivity index (χ4v) is 3.60. The lowest BCUT2D eigenvalue weighted by Gasteiger charge is -2.39. The van der Waals surface area contributed by atoms with Crippen LogP contribution in [0.2, 0.25) is 0 Å². The van der Waals surface area contributed by atoms with Gasteiger partial charge in [-0.25, -0.2) is 4.98 Å². The third kappa shape index (κ3) is 3.09. The average molecular weight is 340 g/mol. The largest absolute Gasteiger partial charge is 0.298 e. The molecule has 0 N–H and O–H groups in total. The molecule has 1 aromatic carbocycles. The number of nitrogens with zero attached hydrogens (tertiary/aromatic N) is 4. The van der Waals surface area contributed by atoms with Gasteiger partial charge in [-0.2, -0.15) is 0 Å². The summed E-state index contributed by atoms with van der Waals surface area (Å²) in [4.78, 5) is 22.3. The average Bonchev–Trinajstić information content (AvgIpc) is 2.58. The molecule has 5 nitrogen and oxygen atoms in total. The highest BCUT2D eigenvalue weighted by Gasteiger charge is 2.28. The van der Waals surface area contributed by atoms with E-state index in [9.17, 15) is 4.79 Å². The summed E-state index contributed by atoms with van der Waals surface area (Å²) in [6.45, 7) is 12.7. The summed E-state index contributed by atoms with van der Waals surface area (Å²) in [7, 11) is 0. The Bertz CT molecular complexity index is 840. The van der Waals surface area contributed by atoms with Crippen LogP contribution in [-0.2, 0) is 13.1 Å². The van der Waals surface area contributed by atoms with E-state index in [0.29, 0.717) is 6.67 Å². The highest BCUT2D eigenvalue weighted by atomic mass is 16.1. The van der Waals surface area contributed by atoms with E-state index in [1.807, 2.05) is 18.4 Å². The van der Waals surface area contributed by atoms with Crippen LogP contribution in [0.3, 0.4) is 0 Å². The zero-order chi connectivity index (χ0) is 18.1. The number of aromatic nitrogens is 2. The highest BCUT2D eigenvalue weighted by Crippen LogP contribution is 2.31. The van der Waals surface area contributed by atoms with Crippen molar-refractivity contribution in [2.45, 2.75) is 54.1 Å². The molecule has 1 aromatic heterocycles. The number of anilines is 2. The van der Waals surface area contributed by atoms with Crippen LogP contribution in [0.4, 0.5) is 11.6 Å². The van der Waals surface area contributed by atoms with Crippen LogP contribution in [0.1, 0.15) is 42.7 Å². The first kappa shape index (κ1) is 17.7. The molecule has 134 valence electrons. The van der Waals surface area contributed by atoms with Gasteiger partial charge in [-0.15, -0.1) is 0 Å². The van der Waals surface area contributed by atoms with Crippen LogP contribution in [-0.4, -0.2) is 27.7 Å². The molecule has 0 bridgehead atoms. The Hall–Kier alpha value is -2.14. The molecule has 0 fully saturated rings. The lowest BCUT2D eigenvalue weighted by atomic mass is 10.1. The van der Waals surface area contributed by atoms with Crippen molar-refractivity contribution < 1.29 is 0 Å². The molecule has 0 amide bonds. The number of benzene rings is 1. The van der Waals surface area contributed by atoms with Crippen molar-refractivity contribution in [3.63, 3.8) is 0 Å². The van der Waals surface area contributed by atoms with Gasteiger partial charge in [-0.1, -0.05) is 26.0 Å². The first-order chi connectivity index (χ1) is 12.0. The van der Waals surface area contributed by atoms with Crippen molar-refractivity contribution in [3.8, 4) is 0 Å². The van der Waals surface area contributed by atoms with Gasteiger partial charge in [0.2, 0.25) is 5.95 Å². The summed E-state index contributed by atoms with van der Waals surface area (Å²) >= 11 is 0. The molecule has 25 heavy (non-hydrogen) atoms. The van der Waals surface area contributed by atoms with Crippen molar-refractivity contribution in [3.05, 3.63) is 50.9 Å². The first-order valence-corrected chi connectivity index (χ1v) is 9.14. The van der Waals surface area contributed by atoms with Crippen LogP contribution in [0.15, 0.2) is 23.0 Å². The van der Waals surface area contributed by atoms with Gasteiger partial charge in [0, 0.05) is 23.5 Å². The molecular formula is C20H28N4O. The van der Waals surface area contributed by atoms with Gasteiger partial charge in [-0.3, -0.25) is 19.2 Å². The molecule has 0 saturated heterocycles. The van der Waals surface area contributed by atoms with E-state index in [4.69, 9.17) is 4.98 Å². The summed E-state index contributed by atoms with van der Waals surface area (Å²) in [6, 6.07) is 6.32. The van der Waals surface area contributed by atoms with Crippen molar-refractivity contribution >= 4 is 11.6 Å².